The van der Waals surface area contributed by atoms with E-state index in [0.29, 0.717) is 34.7 Å². The van der Waals surface area contributed by atoms with Crippen molar-refractivity contribution in [3.8, 4) is 22.2 Å². The molecule has 1 fully saturated rings. The monoisotopic (exact) mass is 479 g/mol. The van der Waals surface area contributed by atoms with Crippen LogP contribution in [0.25, 0.3) is 22.2 Å². The minimum absolute atomic E-state index is 0.0983. The van der Waals surface area contributed by atoms with Gasteiger partial charge >= 0.3 is 5.97 Å². The minimum Gasteiger partial charge on any atom is -0.466 e. The molecule has 1 aliphatic heterocycles. The van der Waals surface area contributed by atoms with Gasteiger partial charge in [-0.3, -0.25) is 4.79 Å². The highest BCUT2D eigenvalue weighted by Gasteiger charge is 2.35. The molecule has 0 N–H and O–H groups in total. The summed E-state index contributed by atoms with van der Waals surface area (Å²) >= 11 is 1.23. The van der Waals surface area contributed by atoms with Crippen LogP contribution in [0, 0.1) is 18.7 Å². The number of aromatic nitrogens is 2. The summed E-state index contributed by atoms with van der Waals surface area (Å²) in [6.45, 7) is 4.15. The van der Waals surface area contributed by atoms with Gasteiger partial charge in [-0.15, -0.1) is 11.3 Å². The molecule has 0 spiro atoms. The zero-order chi connectivity index (χ0) is 22.9. The van der Waals surface area contributed by atoms with Crippen molar-refractivity contribution >= 4 is 27.3 Å². The molecule has 3 aromatic rings. The van der Waals surface area contributed by atoms with E-state index in [1.807, 2.05) is 0 Å². The van der Waals surface area contributed by atoms with E-state index in [1.165, 1.54) is 46.0 Å². The zero-order valence-electron chi connectivity index (χ0n) is 17.6. The predicted octanol–water partition coefficient (Wildman–Crippen LogP) is 3.88. The highest BCUT2D eigenvalue weighted by atomic mass is 32.2. The summed E-state index contributed by atoms with van der Waals surface area (Å²) in [6, 6.07) is 7.19. The largest absolute Gasteiger partial charge is 0.466 e. The normalized spacial score (nSPS) is 17.4. The number of nitrogens with zero attached hydrogens (tertiary/aromatic N) is 3. The maximum absolute atomic E-state index is 13.3. The number of ether oxygens (including phenoxy) is 1. The van der Waals surface area contributed by atoms with Crippen molar-refractivity contribution in [1.82, 2.24) is 14.4 Å². The summed E-state index contributed by atoms with van der Waals surface area (Å²) in [7, 11) is -3.81. The lowest BCUT2D eigenvalue weighted by Gasteiger charge is -2.30. The fourth-order valence-electron chi connectivity index (χ4n) is 3.62. The van der Waals surface area contributed by atoms with Crippen LogP contribution >= 0.6 is 11.3 Å². The second kappa shape index (κ2) is 9.08. The molecule has 1 atom stereocenters. The van der Waals surface area contributed by atoms with Crippen molar-refractivity contribution in [1.29, 1.82) is 0 Å². The van der Waals surface area contributed by atoms with Crippen LogP contribution in [-0.4, -0.2) is 48.5 Å². The summed E-state index contributed by atoms with van der Waals surface area (Å²) in [4.78, 5) is 17.7. The summed E-state index contributed by atoms with van der Waals surface area (Å²) < 4.78 is 51.5. The van der Waals surface area contributed by atoms with Crippen molar-refractivity contribution in [2.45, 2.75) is 31.6 Å². The van der Waals surface area contributed by atoms with E-state index in [-0.39, 0.29) is 41.5 Å². The third-order valence-electron chi connectivity index (χ3n) is 5.23. The molecular formula is C21H22FN3O5S2. The Hall–Kier alpha value is -2.63. The number of carbonyl (C=O) groups is 1. The van der Waals surface area contributed by atoms with Gasteiger partial charge in [0.05, 0.1) is 22.3 Å². The molecule has 1 aliphatic rings. The number of hydrogen-bond acceptors (Lipinski definition) is 8. The Balaban J connectivity index is 1.58. The van der Waals surface area contributed by atoms with Gasteiger partial charge in [0.1, 0.15) is 5.82 Å². The number of aryl methyl sites for hydroxylation is 1. The van der Waals surface area contributed by atoms with Crippen LogP contribution in [0.3, 0.4) is 0 Å². The number of carbonyl (C=O) groups excluding carboxylic acids is 1. The van der Waals surface area contributed by atoms with Gasteiger partial charge in [0.2, 0.25) is 15.8 Å². The maximum atomic E-state index is 13.3. The highest BCUT2D eigenvalue weighted by Crippen LogP contribution is 2.36. The van der Waals surface area contributed by atoms with E-state index in [2.05, 4.69) is 10.1 Å². The zero-order valence-corrected chi connectivity index (χ0v) is 19.2. The van der Waals surface area contributed by atoms with Crippen molar-refractivity contribution < 1.29 is 26.9 Å². The molecule has 32 heavy (non-hydrogen) atoms. The van der Waals surface area contributed by atoms with Crippen LogP contribution in [0.15, 0.2) is 39.8 Å². The van der Waals surface area contributed by atoms with Gasteiger partial charge in [0, 0.05) is 23.5 Å². The van der Waals surface area contributed by atoms with Gasteiger partial charge in [-0.05, 0) is 57.0 Å². The standard InChI is InChI=1S/C21H22FN3O5S2/c1-3-29-21(26)15-5-4-10-25(12-15)32(27,28)18-11-17(31-13(18)2)20-23-19(24-30-20)14-6-8-16(22)9-7-14/h6-9,11,15H,3-5,10,12H2,1-2H3/t15-/m1/s1. The molecule has 3 heterocycles. The number of halogens is 1. The van der Waals surface area contributed by atoms with Crippen molar-refractivity contribution in [3.63, 3.8) is 0 Å². The molecule has 2 aromatic heterocycles. The first-order chi connectivity index (χ1) is 15.3. The smallest absolute Gasteiger partial charge is 0.310 e. The highest BCUT2D eigenvalue weighted by molar-refractivity contribution is 7.89. The first-order valence-corrected chi connectivity index (χ1v) is 12.4. The van der Waals surface area contributed by atoms with Crippen molar-refractivity contribution in [2.24, 2.45) is 5.92 Å². The molecule has 170 valence electrons. The van der Waals surface area contributed by atoms with Crippen molar-refractivity contribution in [3.05, 3.63) is 41.0 Å². The SMILES string of the molecule is CCOC(=O)[C@@H]1CCCN(S(=O)(=O)c2cc(-c3nc(-c4ccc(F)cc4)no3)sc2C)C1. The van der Waals surface area contributed by atoms with Gasteiger partial charge in [0.15, 0.2) is 0 Å². The maximum Gasteiger partial charge on any atom is 0.310 e. The molecule has 0 aliphatic carbocycles. The molecular weight excluding hydrogens is 457 g/mol. The van der Waals surface area contributed by atoms with E-state index in [0.717, 1.165) is 0 Å². The second-order valence-corrected chi connectivity index (χ2v) is 10.6. The van der Waals surface area contributed by atoms with Crippen LogP contribution in [0.5, 0.6) is 0 Å². The molecule has 11 heteroatoms. The molecule has 0 unspecified atom stereocenters. The van der Waals surface area contributed by atoms with Gasteiger partial charge in [-0.2, -0.15) is 9.29 Å². The lowest BCUT2D eigenvalue weighted by molar-refractivity contribution is -0.149. The van der Waals surface area contributed by atoms with Crippen LogP contribution < -0.4 is 0 Å². The van der Waals surface area contributed by atoms with Gasteiger partial charge in [-0.1, -0.05) is 5.16 Å². The van der Waals surface area contributed by atoms with Gasteiger partial charge in [-0.25, -0.2) is 12.8 Å². The Morgan fingerprint density at radius 3 is 2.81 bits per heavy atom. The molecule has 0 saturated carbocycles. The van der Waals surface area contributed by atoms with Gasteiger partial charge < -0.3 is 9.26 Å². The number of piperidine rings is 1. The quantitative estimate of drug-likeness (QED) is 0.495. The first-order valence-electron chi connectivity index (χ1n) is 10.2. The van der Waals surface area contributed by atoms with E-state index >= 15 is 0 Å². The molecule has 4 rings (SSSR count). The molecule has 1 aromatic carbocycles. The number of sulfonamides is 1. The summed E-state index contributed by atoms with van der Waals surface area (Å²) in [5, 5.41) is 3.92. The molecule has 0 amide bonds. The Morgan fingerprint density at radius 2 is 2.09 bits per heavy atom. The molecule has 0 bridgehead atoms. The molecule has 8 nitrogen and oxygen atoms in total. The lowest BCUT2D eigenvalue weighted by Crippen LogP contribution is -2.42. The topological polar surface area (TPSA) is 103 Å². The van der Waals surface area contributed by atoms with Crippen LogP contribution in [0.1, 0.15) is 24.6 Å². The predicted molar refractivity (Wildman–Crippen MR) is 116 cm³/mol. The number of thiophene rings is 1. The summed E-state index contributed by atoms with van der Waals surface area (Å²) in [6.07, 6.45) is 1.19. The van der Waals surface area contributed by atoms with Crippen LogP contribution in [-0.2, 0) is 19.6 Å². The van der Waals surface area contributed by atoms with Crippen molar-refractivity contribution in [2.75, 3.05) is 19.7 Å². The first kappa shape index (κ1) is 22.6. The lowest BCUT2D eigenvalue weighted by atomic mass is 10.0. The fourth-order valence-corrected chi connectivity index (χ4v) is 6.62. The molecule has 0 radical (unpaired) electrons. The molecule has 1 saturated heterocycles. The Labute approximate surface area is 189 Å². The second-order valence-electron chi connectivity index (χ2n) is 7.42. The van der Waals surface area contributed by atoms with Gasteiger partial charge in [0.25, 0.3) is 5.89 Å². The number of rotatable bonds is 6. The third kappa shape index (κ3) is 4.45. The third-order valence-corrected chi connectivity index (χ3v) is 8.39. The van der Waals surface area contributed by atoms with E-state index < -0.39 is 15.9 Å². The van der Waals surface area contributed by atoms with E-state index in [1.54, 1.807) is 13.8 Å². The Kier molecular flexibility index (Phi) is 6.40. The van der Waals surface area contributed by atoms with E-state index in [9.17, 15) is 17.6 Å². The minimum atomic E-state index is -3.81. The number of benzene rings is 1. The van der Waals surface area contributed by atoms with E-state index in [4.69, 9.17) is 9.26 Å². The van der Waals surface area contributed by atoms with Crippen LogP contribution in [0.4, 0.5) is 4.39 Å². The number of hydrogen-bond donors (Lipinski definition) is 0. The Morgan fingerprint density at radius 1 is 1.34 bits per heavy atom. The Bertz CT molecular complexity index is 1220. The van der Waals surface area contributed by atoms with Crippen LogP contribution in [0.2, 0.25) is 0 Å². The average Bonchev–Trinajstić information content (AvgIpc) is 3.42. The number of esters is 1. The summed E-state index contributed by atoms with van der Waals surface area (Å²) in [5.74, 6) is -0.741. The summed E-state index contributed by atoms with van der Waals surface area (Å²) in [5.41, 5.74) is 0.584. The average molecular weight is 480 g/mol. The fraction of sp³-hybridized carbons (Fsp3) is 0.381.